The maximum atomic E-state index is 12.9. The number of amides is 1. The summed E-state index contributed by atoms with van der Waals surface area (Å²) in [5.41, 5.74) is -0.0582. The third-order valence-electron chi connectivity index (χ3n) is 7.57. The zero-order valence-corrected chi connectivity index (χ0v) is 16.1. The van der Waals surface area contributed by atoms with Crippen molar-refractivity contribution in [3.8, 4) is 0 Å². The van der Waals surface area contributed by atoms with Gasteiger partial charge in [0.15, 0.2) is 0 Å². The monoisotopic (exact) mass is 371 g/mol. The molecule has 6 rings (SSSR count). The quantitative estimate of drug-likeness (QED) is 0.882. The number of aromatic amines is 1. The van der Waals surface area contributed by atoms with E-state index in [1.165, 1.54) is 25.5 Å². The van der Waals surface area contributed by atoms with Crippen LogP contribution in [0.2, 0.25) is 0 Å². The average molecular weight is 371 g/mol. The molecule has 146 valence electrons. The number of rotatable bonds is 4. The molecule has 1 N–H and O–H groups in total. The number of nitrogens with one attached hydrogen (secondary N) is 1. The van der Waals surface area contributed by atoms with Gasteiger partial charge in [0.1, 0.15) is 11.4 Å². The van der Waals surface area contributed by atoms with E-state index in [4.69, 9.17) is 4.74 Å². The fraction of sp³-hybridized carbons (Fsp3) is 0.762. The minimum atomic E-state index is -0.274. The predicted octanol–water partition coefficient (Wildman–Crippen LogP) is 2.49. The summed E-state index contributed by atoms with van der Waals surface area (Å²) >= 11 is 0. The number of hydrogen-bond donors (Lipinski definition) is 1. The highest BCUT2D eigenvalue weighted by Crippen LogP contribution is 2.59. The fourth-order valence-corrected chi connectivity index (χ4v) is 6.84. The second-order valence-electron chi connectivity index (χ2n) is 9.42. The highest BCUT2D eigenvalue weighted by molar-refractivity contribution is 5.94. The standard InChI is InChI=1S/C21H29N3O3/c1-27-12-16-3-2-4-24(16)19(26)17-11-22-20(23-18(17)25)21-8-13-5-14(9-21)7-15(6-13)10-21/h11,13-16H,2-10,12H2,1H3,(H,22,23,25)/t13?,14?,15?,16-,21?/m0/s1. The third-order valence-corrected chi connectivity index (χ3v) is 7.57. The maximum absolute atomic E-state index is 12.9. The van der Waals surface area contributed by atoms with Gasteiger partial charge in [0.2, 0.25) is 0 Å². The zero-order chi connectivity index (χ0) is 18.6. The number of nitrogens with zero attached hydrogens (tertiary/aromatic N) is 2. The van der Waals surface area contributed by atoms with Crippen LogP contribution in [0, 0.1) is 17.8 Å². The van der Waals surface area contributed by atoms with Crippen molar-refractivity contribution < 1.29 is 9.53 Å². The third kappa shape index (κ3) is 2.84. The summed E-state index contributed by atoms with van der Waals surface area (Å²) in [6.45, 7) is 1.20. The summed E-state index contributed by atoms with van der Waals surface area (Å²) in [5.74, 6) is 3.00. The molecule has 27 heavy (non-hydrogen) atoms. The molecule has 4 aliphatic carbocycles. The van der Waals surface area contributed by atoms with Gasteiger partial charge in [-0.05, 0) is 69.1 Å². The lowest BCUT2D eigenvalue weighted by Gasteiger charge is -2.56. The van der Waals surface area contributed by atoms with E-state index in [9.17, 15) is 9.59 Å². The summed E-state index contributed by atoms with van der Waals surface area (Å²) in [6, 6.07) is 0.0599. The van der Waals surface area contributed by atoms with Crippen LogP contribution in [0.1, 0.15) is 67.5 Å². The molecule has 6 heteroatoms. The van der Waals surface area contributed by atoms with E-state index < -0.39 is 0 Å². The molecule has 6 nitrogen and oxygen atoms in total. The van der Waals surface area contributed by atoms with Crippen LogP contribution in [0.25, 0.3) is 0 Å². The Kier molecular flexibility index (Phi) is 4.15. The van der Waals surface area contributed by atoms with Crippen molar-refractivity contribution in [1.82, 2.24) is 14.9 Å². The van der Waals surface area contributed by atoms with Gasteiger partial charge in [-0.25, -0.2) is 4.98 Å². The molecule has 1 amide bonds. The van der Waals surface area contributed by atoms with Crippen molar-refractivity contribution in [3.05, 3.63) is 27.9 Å². The smallest absolute Gasteiger partial charge is 0.263 e. The van der Waals surface area contributed by atoms with Gasteiger partial charge in [-0.3, -0.25) is 9.59 Å². The van der Waals surface area contributed by atoms with Gasteiger partial charge >= 0.3 is 0 Å². The normalized spacial score (nSPS) is 37.1. The molecule has 1 aromatic heterocycles. The molecular weight excluding hydrogens is 342 g/mol. The lowest BCUT2D eigenvalue weighted by molar-refractivity contribution is -0.00955. The summed E-state index contributed by atoms with van der Waals surface area (Å²) in [4.78, 5) is 35.2. The topological polar surface area (TPSA) is 75.3 Å². The van der Waals surface area contributed by atoms with Crippen LogP contribution in [-0.2, 0) is 10.2 Å². The highest BCUT2D eigenvalue weighted by Gasteiger charge is 2.53. The molecule has 5 fully saturated rings. The first-order chi connectivity index (χ1) is 13.1. The van der Waals surface area contributed by atoms with Crippen LogP contribution in [-0.4, -0.2) is 47.1 Å². The first-order valence-corrected chi connectivity index (χ1v) is 10.5. The first kappa shape index (κ1) is 17.4. The van der Waals surface area contributed by atoms with E-state index in [-0.39, 0.29) is 28.5 Å². The minimum Gasteiger partial charge on any atom is -0.383 e. The number of H-pyrrole nitrogens is 1. The molecule has 1 saturated heterocycles. The Morgan fingerprint density at radius 2 is 1.93 bits per heavy atom. The highest BCUT2D eigenvalue weighted by atomic mass is 16.5. The number of aromatic nitrogens is 2. The van der Waals surface area contributed by atoms with Crippen molar-refractivity contribution in [2.75, 3.05) is 20.3 Å². The number of likely N-dealkylation sites (tertiary alicyclic amines) is 1. The van der Waals surface area contributed by atoms with E-state index in [2.05, 4.69) is 9.97 Å². The molecule has 1 atom stereocenters. The van der Waals surface area contributed by atoms with Crippen LogP contribution in [0.5, 0.6) is 0 Å². The molecule has 0 aromatic carbocycles. The van der Waals surface area contributed by atoms with Gasteiger partial charge < -0.3 is 14.6 Å². The van der Waals surface area contributed by atoms with Gasteiger partial charge in [0.05, 0.1) is 12.6 Å². The van der Waals surface area contributed by atoms with Gasteiger partial charge in [0.25, 0.3) is 11.5 Å². The second-order valence-corrected chi connectivity index (χ2v) is 9.42. The van der Waals surface area contributed by atoms with E-state index in [0.29, 0.717) is 13.2 Å². The number of methoxy groups -OCH3 is 1. The summed E-state index contributed by atoms with van der Waals surface area (Å²) in [7, 11) is 1.65. The minimum absolute atomic E-state index is 0.0434. The Balaban J connectivity index is 1.41. The van der Waals surface area contributed by atoms with E-state index in [0.717, 1.165) is 55.7 Å². The molecule has 2 heterocycles. The molecule has 0 unspecified atom stereocenters. The van der Waals surface area contributed by atoms with Crippen LogP contribution in [0.4, 0.5) is 0 Å². The van der Waals surface area contributed by atoms with Crippen molar-refractivity contribution in [3.63, 3.8) is 0 Å². The molecule has 0 spiro atoms. The first-order valence-electron chi connectivity index (χ1n) is 10.5. The van der Waals surface area contributed by atoms with E-state index in [1.807, 2.05) is 0 Å². The Hall–Kier alpha value is -1.69. The van der Waals surface area contributed by atoms with Crippen LogP contribution in [0.15, 0.2) is 11.0 Å². The van der Waals surface area contributed by atoms with Crippen LogP contribution >= 0.6 is 0 Å². The Morgan fingerprint density at radius 1 is 1.26 bits per heavy atom. The lowest BCUT2D eigenvalue weighted by Crippen LogP contribution is -2.50. The number of carbonyl (C=O) groups excluding carboxylic acids is 1. The van der Waals surface area contributed by atoms with Gasteiger partial charge in [-0.1, -0.05) is 0 Å². The lowest BCUT2D eigenvalue weighted by atomic mass is 9.49. The van der Waals surface area contributed by atoms with Crippen molar-refractivity contribution in [2.45, 2.75) is 62.8 Å². The number of ether oxygens (including phenoxy) is 1. The summed E-state index contributed by atoms with van der Waals surface area (Å²) in [6.07, 6.45) is 10.9. The molecule has 5 aliphatic rings. The van der Waals surface area contributed by atoms with Crippen LogP contribution in [0.3, 0.4) is 0 Å². The Morgan fingerprint density at radius 3 is 2.52 bits per heavy atom. The predicted molar refractivity (Wildman–Crippen MR) is 101 cm³/mol. The van der Waals surface area contributed by atoms with Crippen molar-refractivity contribution in [1.29, 1.82) is 0 Å². The Bertz CT molecular complexity index is 767. The Labute approximate surface area is 159 Å². The summed E-state index contributed by atoms with van der Waals surface area (Å²) < 4.78 is 5.23. The van der Waals surface area contributed by atoms with Gasteiger partial charge in [-0.15, -0.1) is 0 Å². The van der Waals surface area contributed by atoms with E-state index >= 15 is 0 Å². The fourth-order valence-electron chi connectivity index (χ4n) is 6.84. The van der Waals surface area contributed by atoms with Crippen molar-refractivity contribution in [2.24, 2.45) is 17.8 Å². The number of carbonyl (C=O) groups is 1. The molecule has 4 bridgehead atoms. The molecule has 1 aromatic rings. The maximum Gasteiger partial charge on any atom is 0.263 e. The molecule has 4 saturated carbocycles. The average Bonchev–Trinajstić information content (AvgIpc) is 3.08. The molecule has 0 radical (unpaired) electrons. The zero-order valence-electron chi connectivity index (χ0n) is 16.1. The molecule has 1 aliphatic heterocycles. The SMILES string of the molecule is COC[C@@H]1CCCN1C(=O)c1cnc(C23CC4CC(CC(C4)C2)C3)[nH]c1=O. The largest absolute Gasteiger partial charge is 0.383 e. The number of hydrogen-bond acceptors (Lipinski definition) is 4. The van der Waals surface area contributed by atoms with E-state index in [1.54, 1.807) is 12.0 Å². The van der Waals surface area contributed by atoms with Gasteiger partial charge in [0, 0.05) is 25.3 Å². The van der Waals surface area contributed by atoms with Gasteiger partial charge in [-0.2, -0.15) is 0 Å². The van der Waals surface area contributed by atoms with Crippen molar-refractivity contribution >= 4 is 5.91 Å². The second kappa shape index (κ2) is 6.43. The molecular formula is C21H29N3O3. The van der Waals surface area contributed by atoms with Crippen LogP contribution < -0.4 is 5.56 Å². The summed E-state index contributed by atoms with van der Waals surface area (Å²) in [5, 5.41) is 0.